The minimum absolute atomic E-state index is 0.458. The first kappa shape index (κ1) is 12.0. The maximum absolute atomic E-state index is 5.86. The molecule has 0 aromatic heterocycles. The summed E-state index contributed by atoms with van der Waals surface area (Å²) in [6, 6.07) is 0.458. The Hall–Kier alpha value is -0.120. The number of hydrogen-bond acceptors (Lipinski definition) is 3. The lowest BCUT2D eigenvalue weighted by atomic mass is 10.1. The number of nitrogens with zero attached hydrogens (tertiary/aromatic N) is 2. The number of likely N-dealkylation sites (tertiary alicyclic amines) is 1. The number of hydrogen-bond donors (Lipinski definition) is 1. The van der Waals surface area contributed by atoms with Gasteiger partial charge in [0.25, 0.3) is 0 Å². The molecule has 3 heteroatoms. The van der Waals surface area contributed by atoms with Crippen molar-refractivity contribution in [3.63, 3.8) is 0 Å². The normalized spacial score (nSPS) is 20.6. The van der Waals surface area contributed by atoms with Crippen molar-refractivity contribution in [2.75, 3.05) is 39.8 Å². The Bertz CT molecular complexity index is 141. The second kappa shape index (κ2) is 6.38. The first-order valence-electron chi connectivity index (χ1n) is 5.89. The van der Waals surface area contributed by atoms with Crippen LogP contribution in [0.4, 0.5) is 0 Å². The zero-order valence-corrected chi connectivity index (χ0v) is 9.71. The zero-order valence-electron chi connectivity index (χ0n) is 9.71. The van der Waals surface area contributed by atoms with Crippen LogP contribution in [0, 0.1) is 0 Å². The SMILES string of the molecule is CCCN(C)CCN1CCC(N)CC1. The summed E-state index contributed by atoms with van der Waals surface area (Å²) in [6.07, 6.45) is 3.61. The second-order valence-corrected chi connectivity index (χ2v) is 4.48. The van der Waals surface area contributed by atoms with Gasteiger partial charge in [0.1, 0.15) is 0 Å². The number of rotatable bonds is 5. The van der Waals surface area contributed by atoms with E-state index >= 15 is 0 Å². The Kier molecular flexibility index (Phi) is 5.45. The van der Waals surface area contributed by atoms with E-state index in [0.29, 0.717) is 6.04 Å². The molecule has 0 aliphatic carbocycles. The molecule has 2 N–H and O–H groups in total. The fourth-order valence-electron chi connectivity index (χ4n) is 1.98. The molecular weight excluding hydrogens is 174 g/mol. The van der Waals surface area contributed by atoms with Crippen molar-refractivity contribution in [3.05, 3.63) is 0 Å². The van der Waals surface area contributed by atoms with E-state index in [4.69, 9.17) is 5.73 Å². The van der Waals surface area contributed by atoms with Gasteiger partial charge in [0.15, 0.2) is 0 Å². The fraction of sp³-hybridized carbons (Fsp3) is 1.00. The molecule has 14 heavy (non-hydrogen) atoms. The Morgan fingerprint density at radius 2 is 1.93 bits per heavy atom. The van der Waals surface area contributed by atoms with Crippen LogP contribution in [0.3, 0.4) is 0 Å². The van der Waals surface area contributed by atoms with Crippen molar-refractivity contribution in [3.8, 4) is 0 Å². The van der Waals surface area contributed by atoms with Gasteiger partial charge in [-0.3, -0.25) is 0 Å². The quantitative estimate of drug-likeness (QED) is 0.709. The Morgan fingerprint density at radius 3 is 2.50 bits per heavy atom. The van der Waals surface area contributed by atoms with Gasteiger partial charge in [-0.15, -0.1) is 0 Å². The van der Waals surface area contributed by atoms with Crippen LogP contribution in [0.2, 0.25) is 0 Å². The highest BCUT2D eigenvalue weighted by atomic mass is 15.2. The molecule has 84 valence electrons. The monoisotopic (exact) mass is 199 g/mol. The van der Waals surface area contributed by atoms with Crippen LogP contribution in [-0.4, -0.2) is 55.6 Å². The van der Waals surface area contributed by atoms with Crippen molar-refractivity contribution in [2.45, 2.75) is 32.2 Å². The van der Waals surface area contributed by atoms with Crippen LogP contribution >= 0.6 is 0 Å². The Morgan fingerprint density at radius 1 is 1.29 bits per heavy atom. The summed E-state index contributed by atoms with van der Waals surface area (Å²) in [5.41, 5.74) is 5.86. The highest BCUT2D eigenvalue weighted by Crippen LogP contribution is 2.07. The van der Waals surface area contributed by atoms with E-state index in [0.717, 1.165) is 0 Å². The van der Waals surface area contributed by atoms with E-state index in [1.54, 1.807) is 0 Å². The average Bonchev–Trinajstić information content (AvgIpc) is 2.17. The molecule has 0 radical (unpaired) electrons. The van der Waals surface area contributed by atoms with Crippen LogP contribution < -0.4 is 5.73 Å². The second-order valence-electron chi connectivity index (χ2n) is 4.48. The Labute approximate surface area is 88.2 Å². The third-order valence-corrected chi connectivity index (χ3v) is 3.04. The summed E-state index contributed by atoms with van der Waals surface area (Å²) >= 11 is 0. The minimum atomic E-state index is 0.458. The minimum Gasteiger partial charge on any atom is -0.328 e. The van der Waals surface area contributed by atoms with E-state index in [-0.39, 0.29) is 0 Å². The molecule has 0 bridgehead atoms. The van der Waals surface area contributed by atoms with E-state index in [1.165, 1.54) is 52.0 Å². The summed E-state index contributed by atoms with van der Waals surface area (Å²) in [6.45, 7) is 8.25. The molecular formula is C11H25N3. The predicted molar refractivity (Wildman–Crippen MR) is 61.4 cm³/mol. The molecule has 0 spiro atoms. The van der Waals surface area contributed by atoms with Gasteiger partial charge in [-0.1, -0.05) is 6.92 Å². The van der Waals surface area contributed by atoms with E-state index in [2.05, 4.69) is 23.8 Å². The average molecular weight is 199 g/mol. The first-order valence-corrected chi connectivity index (χ1v) is 5.89. The molecule has 1 aliphatic rings. The molecule has 0 saturated carbocycles. The maximum atomic E-state index is 5.86. The third kappa shape index (κ3) is 4.40. The topological polar surface area (TPSA) is 32.5 Å². The molecule has 1 fully saturated rings. The smallest absolute Gasteiger partial charge is 0.0109 e. The molecule has 0 unspecified atom stereocenters. The van der Waals surface area contributed by atoms with Crippen LogP contribution in [0.5, 0.6) is 0 Å². The Balaban J connectivity index is 2.06. The molecule has 0 aromatic carbocycles. The van der Waals surface area contributed by atoms with Crippen LogP contribution in [0.1, 0.15) is 26.2 Å². The number of nitrogens with two attached hydrogens (primary N) is 1. The molecule has 3 nitrogen and oxygen atoms in total. The third-order valence-electron chi connectivity index (χ3n) is 3.04. The summed E-state index contributed by atoms with van der Waals surface area (Å²) < 4.78 is 0. The van der Waals surface area contributed by atoms with Gasteiger partial charge in [-0.2, -0.15) is 0 Å². The predicted octanol–water partition coefficient (Wildman–Crippen LogP) is 0.751. The molecule has 1 heterocycles. The van der Waals surface area contributed by atoms with Gasteiger partial charge in [0.2, 0.25) is 0 Å². The largest absolute Gasteiger partial charge is 0.328 e. The van der Waals surface area contributed by atoms with Gasteiger partial charge in [-0.25, -0.2) is 0 Å². The zero-order chi connectivity index (χ0) is 10.4. The lowest BCUT2D eigenvalue weighted by molar-refractivity contribution is 0.186. The van der Waals surface area contributed by atoms with Crippen molar-refractivity contribution in [2.24, 2.45) is 5.73 Å². The standard InChI is InChI=1S/C11H25N3/c1-3-6-13(2)9-10-14-7-4-11(12)5-8-14/h11H,3-10,12H2,1-2H3. The number of piperidine rings is 1. The molecule has 0 atom stereocenters. The first-order chi connectivity index (χ1) is 6.72. The van der Waals surface area contributed by atoms with Gasteiger partial charge in [0.05, 0.1) is 0 Å². The molecule has 1 aliphatic heterocycles. The lowest BCUT2D eigenvalue weighted by Gasteiger charge is -2.31. The maximum Gasteiger partial charge on any atom is 0.0109 e. The summed E-state index contributed by atoms with van der Waals surface area (Å²) in [7, 11) is 2.21. The summed E-state index contributed by atoms with van der Waals surface area (Å²) in [4.78, 5) is 4.95. The van der Waals surface area contributed by atoms with Gasteiger partial charge in [-0.05, 0) is 45.9 Å². The van der Waals surface area contributed by atoms with E-state index in [9.17, 15) is 0 Å². The van der Waals surface area contributed by atoms with Crippen molar-refractivity contribution in [1.29, 1.82) is 0 Å². The highest BCUT2D eigenvalue weighted by molar-refractivity contribution is 4.74. The fourth-order valence-corrected chi connectivity index (χ4v) is 1.98. The van der Waals surface area contributed by atoms with Crippen LogP contribution in [0.25, 0.3) is 0 Å². The molecule has 0 aromatic rings. The lowest BCUT2D eigenvalue weighted by Crippen LogP contribution is -2.42. The molecule has 1 rings (SSSR count). The summed E-state index contributed by atoms with van der Waals surface area (Å²) in [5.74, 6) is 0. The number of likely N-dealkylation sites (N-methyl/N-ethyl adjacent to an activating group) is 1. The van der Waals surface area contributed by atoms with Crippen molar-refractivity contribution >= 4 is 0 Å². The van der Waals surface area contributed by atoms with Crippen molar-refractivity contribution in [1.82, 2.24) is 9.80 Å². The van der Waals surface area contributed by atoms with E-state index in [1.807, 2.05) is 0 Å². The summed E-state index contributed by atoms with van der Waals surface area (Å²) in [5, 5.41) is 0. The molecule has 1 saturated heterocycles. The van der Waals surface area contributed by atoms with Crippen LogP contribution in [0.15, 0.2) is 0 Å². The van der Waals surface area contributed by atoms with Crippen LogP contribution in [-0.2, 0) is 0 Å². The van der Waals surface area contributed by atoms with Gasteiger partial charge < -0.3 is 15.5 Å². The van der Waals surface area contributed by atoms with Crippen molar-refractivity contribution < 1.29 is 0 Å². The van der Waals surface area contributed by atoms with E-state index < -0.39 is 0 Å². The van der Waals surface area contributed by atoms with Gasteiger partial charge >= 0.3 is 0 Å². The highest BCUT2D eigenvalue weighted by Gasteiger charge is 2.15. The molecule has 0 amide bonds. The van der Waals surface area contributed by atoms with Gasteiger partial charge in [0, 0.05) is 19.1 Å².